The Balaban J connectivity index is 1.58. The minimum absolute atomic E-state index is 0.0825. The third kappa shape index (κ3) is 4.44. The molecule has 0 saturated carbocycles. The van der Waals surface area contributed by atoms with Gasteiger partial charge in [-0.15, -0.1) is 0 Å². The summed E-state index contributed by atoms with van der Waals surface area (Å²) in [5, 5.41) is 3.37. The SMILES string of the molecule is C[C@@H](NC(=O)COC(=O)c1ccc2ccccc2n1)c1ccc(F)cc1F. The van der Waals surface area contributed by atoms with Gasteiger partial charge in [-0.3, -0.25) is 4.79 Å². The molecule has 5 nitrogen and oxygen atoms in total. The van der Waals surface area contributed by atoms with E-state index in [0.29, 0.717) is 5.52 Å². The highest BCUT2D eigenvalue weighted by Gasteiger charge is 2.16. The second kappa shape index (κ2) is 7.90. The first kappa shape index (κ1) is 18.4. The molecule has 1 aromatic heterocycles. The van der Waals surface area contributed by atoms with Gasteiger partial charge in [-0.05, 0) is 25.1 Å². The molecule has 0 aliphatic carbocycles. The van der Waals surface area contributed by atoms with E-state index in [1.54, 1.807) is 25.1 Å². The lowest BCUT2D eigenvalue weighted by Crippen LogP contribution is -2.31. The van der Waals surface area contributed by atoms with Crippen LogP contribution >= 0.6 is 0 Å². The van der Waals surface area contributed by atoms with Crippen molar-refractivity contribution in [3.63, 3.8) is 0 Å². The normalized spacial score (nSPS) is 11.8. The van der Waals surface area contributed by atoms with Gasteiger partial charge in [-0.1, -0.05) is 30.3 Å². The predicted molar refractivity (Wildman–Crippen MR) is 94.9 cm³/mol. The van der Waals surface area contributed by atoms with Crippen molar-refractivity contribution >= 4 is 22.8 Å². The molecule has 27 heavy (non-hydrogen) atoms. The third-order valence-electron chi connectivity index (χ3n) is 3.95. The van der Waals surface area contributed by atoms with Crippen molar-refractivity contribution in [2.24, 2.45) is 0 Å². The first-order valence-corrected chi connectivity index (χ1v) is 8.21. The number of amides is 1. The van der Waals surface area contributed by atoms with Crippen molar-refractivity contribution in [1.82, 2.24) is 10.3 Å². The fourth-order valence-corrected chi connectivity index (χ4v) is 2.60. The molecule has 0 bridgehead atoms. The molecule has 1 heterocycles. The molecular weight excluding hydrogens is 354 g/mol. The Kier molecular flexibility index (Phi) is 5.40. The number of halogens is 2. The summed E-state index contributed by atoms with van der Waals surface area (Å²) in [4.78, 5) is 28.2. The van der Waals surface area contributed by atoms with E-state index in [1.165, 1.54) is 12.1 Å². The zero-order valence-corrected chi connectivity index (χ0v) is 14.4. The summed E-state index contributed by atoms with van der Waals surface area (Å²) >= 11 is 0. The van der Waals surface area contributed by atoms with Gasteiger partial charge < -0.3 is 10.1 Å². The van der Waals surface area contributed by atoms with Gasteiger partial charge in [0.2, 0.25) is 0 Å². The number of aromatic nitrogens is 1. The van der Waals surface area contributed by atoms with Crippen molar-refractivity contribution in [3.8, 4) is 0 Å². The minimum atomic E-state index is -0.764. The molecule has 1 amide bonds. The van der Waals surface area contributed by atoms with Crippen LogP contribution in [-0.4, -0.2) is 23.5 Å². The van der Waals surface area contributed by atoms with Crippen molar-refractivity contribution in [1.29, 1.82) is 0 Å². The largest absolute Gasteiger partial charge is 0.451 e. The quantitative estimate of drug-likeness (QED) is 0.698. The van der Waals surface area contributed by atoms with E-state index in [0.717, 1.165) is 17.5 Å². The Hall–Kier alpha value is -3.35. The smallest absolute Gasteiger partial charge is 0.357 e. The molecule has 0 radical (unpaired) electrons. The molecule has 1 atom stereocenters. The summed E-state index contributed by atoms with van der Waals surface area (Å²) in [5.74, 6) is -2.82. The highest BCUT2D eigenvalue weighted by molar-refractivity contribution is 5.92. The number of hydrogen-bond acceptors (Lipinski definition) is 4. The molecule has 3 rings (SSSR count). The predicted octanol–water partition coefficient (Wildman–Crippen LogP) is 3.55. The lowest BCUT2D eigenvalue weighted by Gasteiger charge is -2.15. The van der Waals surface area contributed by atoms with Crippen LogP contribution in [0.15, 0.2) is 54.6 Å². The zero-order valence-electron chi connectivity index (χ0n) is 14.4. The van der Waals surface area contributed by atoms with Crippen molar-refractivity contribution in [2.75, 3.05) is 6.61 Å². The topological polar surface area (TPSA) is 68.3 Å². The van der Waals surface area contributed by atoms with Gasteiger partial charge in [0.1, 0.15) is 17.3 Å². The molecule has 0 unspecified atom stereocenters. The monoisotopic (exact) mass is 370 g/mol. The summed E-state index contributed by atoms with van der Waals surface area (Å²) in [6.45, 7) is 1.00. The Morgan fingerprint density at radius 1 is 1.11 bits per heavy atom. The number of carbonyl (C=O) groups is 2. The molecule has 2 aromatic carbocycles. The molecule has 0 spiro atoms. The van der Waals surface area contributed by atoms with Crippen LogP contribution in [0.4, 0.5) is 8.78 Å². The minimum Gasteiger partial charge on any atom is -0.451 e. The maximum Gasteiger partial charge on any atom is 0.357 e. The van der Waals surface area contributed by atoms with Gasteiger partial charge in [-0.25, -0.2) is 18.6 Å². The van der Waals surface area contributed by atoms with E-state index in [1.807, 2.05) is 12.1 Å². The summed E-state index contributed by atoms with van der Waals surface area (Å²) in [5.41, 5.74) is 0.850. The van der Waals surface area contributed by atoms with Crippen LogP contribution in [0.1, 0.15) is 29.0 Å². The van der Waals surface area contributed by atoms with E-state index >= 15 is 0 Å². The van der Waals surface area contributed by atoms with E-state index in [2.05, 4.69) is 10.3 Å². The molecular formula is C20H16F2N2O3. The van der Waals surface area contributed by atoms with E-state index in [9.17, 15) is 18.4 Å². The lowest BCUT2D eigenvalue weighted by atomic mass is 10.1. The average molecular weight is 370 g/mol. The van der Waals surface area contributed by atoms with Crippen LogP contribution in [0.25, 0.3) is 10.9 Å². The Morgan fingerprint density at radius 3 is 2.67 bits per heavy atom. The van der Waals surface area contributed by atoms with Gasteiger partial charge in [-0.2, -0.15) is 0 Å². The number of pyridine rings is 1. The first-order chi connectivity index (χ1) is 12.9. The molecule has 0 fully saturated rings. The van der Waals surface area contributed by atoms with Crippen molar-refractivity contribution in [3.05, 3.63) is 77.5 Å². The number of hydrogen-bond donors (Lipinski definition) is 1. The number of nitrogens with one attached hydrogen (secondary N) is 1. The van der Waals surface area contributed by atoms with Crippen molar-refractivity contribution in [2.45, 2.75) is 13.0 Å². The first-order valence-electron chi connectivity index (χ1n) is 8.21. The average Bonchev–Trinajstić information content (AvgIpc) is 2.65. The van der Waals surface area contributed by atoms with Crippen LogP contribution < -0.4 is 5.32 Å². The number of carbonyl (C=O) groups excluding carboxylic acids is 2. The second-order valence-corrected chi connectivity index (χ2v) is 5.92. The van der Waals surface area contributed by atoms with Crippen molar-refractivity contribution < 1.29 is 23.1 Å². The van der Waals surface area contributed by atoms with Gasteiger partial charge in [0.05, 0.1) is 11.6 Å². The highest BCUT2D eigenvalue weighted by atomic mass is 19.1. The van der Waals surface area contributed by atoms with E-state index in [-0.39, 0.29) is 11.3 Å². The van der Waals surface area contributed by atoms with Crippen LogP contribution in [-0.2, 0) is 9.53 Å². The molecule has 3 aromatic rings. The van der Waals surface area contributed by atoms with Crippen LogP contribution in [0.2, 0.25) is 0 Å². The number of nitrogens with zero attached hydrogens (tertiary/aromatic N) is 1. The number of ether oxygens (including phenoxy) is 1. The number of benzene rings is 2. The fourth-order valence-electron chi connectivity index (χ4n) is 2.60. The molecule has 7 heteroatoms. The molecule has 138 valence electrons. The third-order valence-corrected chi connectivity index (χ3v) is 3.95. The van der Waals surface area contributed by atoms with Gasteiger partial charge >= 0.3 is 5.97 Å². The Morgan fingerprint density at radius 2 is 1.89 bits per heavy atom. The van der Waals surface area contributed by atoms with E-state index < -0.39 is 36.2 Å². The molecule has 1 N–H and O–H groups in total. The van der Waals surface area contributed by atoms with Gasteiger partial charge in [0, 0.05) is 17.0 Å². The number of para-hydroxylation sites is 1. The maximum atomic E-state index is 13.7. The lowest BCUT2D eigenvalue weighted by molar-refractivity contribution is -0.124. The maximum absolute atomic E-state index is 13.7. The number of esters is 1. The standard InChI is InChI=1S/C20H16F2N2O3/c1-12(15-8-7-14(21)10-16(15)22)23-19(25)11-27-20(26)18-9-6-13-4-2-3-5-17(13)24-18/h2-10,12H,11H2,1H3,(H,23,25)/t12-/m1/s1. The van der Waals surface area contributed by atoms with Crippen LogP contribution in [0.3, 0.4) is 0 Å². The Bertz CT molecular complexity index is 1010. The number of rotatable bonds is 5. The van der Waals surface area contributed by atoms with E-state index in [4.69, 9.17) is 4.74 Å². The summed E-state index contributed by atoms with van der Waals surface area (Å²) in [6, 6.07) is 12.9. The molecule has 0 aliphatic rings. The molecule has 0 aliphatic heterocycles. The Labute approximate surface area is 154 Å². The van der Waals surface area contributed by atoms with Crippen LogP contribution in [0.5, 0.6) is 0 Å². The summed E-state index contributed by atoms with van der Waals surface area (Å²) in [7, 11) is 0. The van der Waals surface area contributed by atoms with Gasteiger partial charge in [0.25, 0.3) is 5.91 Å². The fraction of sp³-hybridized carbons (Fsp3) is 0.150. The van der Waals surface area contributed by atoms with Crippen LogP contribution in [0, 0.1) is 11.6 Å². The second-order valence-electron chi connectivity index (χ2n) is 5.92. The molecule has 0 saturated heterocycles. The number of fused-ring (bicyclic) bond motifs is 1. The highest BCUT2D eigenvalue weighted by Crippen LogP contribution is 2.17. The summed E-state index contributed by atoms with van der Waals surface area (Å²) in [6.07, 6.45) is 0. The van der Waals surface area contributed by atoms with Gasteiger partial charge in [0.15, 0.2) is 6.61 Å². The zero-order chi connectivity index (χ0) is 19.4. The summed E-state index contributed by atoms with van der Waals surface area (Å²) < 4.78 is 31.6.